The Hall–Kier alpha value is -4.47. The first-order chi connectivity index (χ1) is 18.5. The Morgan fingerprint density at radius 1 is 1.08 bits per heavy atom. The number of pyridine rings is 1. The van der Waals surface area contributed by atoms with Gasteiger partial charge in [0.1, 0.15) is 22.8 Å². The summed E-state index contributed by atoms with van der Waals surface area (Å²) in [4.78, 5) is 43.3. The summed E-state index contributed by atoms with van der Waals surface area (Å²) in [5, 5.41) is 2.80. The summed E-state index contributed by atoms with van der Waals surface area (Å²) in [6.45, 7) is 6.85. The average Bonchev–Trinajstić information content (AvgIpc) is 3.35. The van der Waals surface area contributed by atoms with E-state index in [2.05, 4.69) is 20.2 Å². The Morgan fingerprint density at radius 3 is 2.58 bits per heavy atom. The molecular weight excluding hydrogens is 480 g/mol. The number of piperidine rings is 1. The lowest BCUT2D eigenvalue weighted by molar-refractivity contribution is -0.135. The molecule has 38 heavy (non-hydrogen) atoms. The standard InChI is InChI=1S/C28H32N8O2/c1-3-34(4-2)27(38)21-8-7-16-35(18-21)28-33-23(24-25(29)31-15-17-36(24)28)19-10-12-20(13-11-19)26(37)32-22-9-5-6-14-30-22/h5-6,9-15,17,21H,3-4,7-8,16,18H2,1-2H3,(H2,29,31)(H,30,32,37). The molecule has 1 unspecified atom stereocenters. The van der Waals surface area contributed by atoms with Crippen LogP contribution in [0.4, 0.5) is 17.6 Å². The van der Waals surface area contributed by atoms with E-state index in [0.717, 1.165) is 30.9 Å². The van der Waals surface area contributed by atoms with Crippen molar-refractivity contribution in [2.75, 3.05) is 42.1 Å². The maximum absolute atomic E-state index is 13.1. The van der Waals surface area contributed by atoms with E-state index < -0.39 is 0 Å². The maximum atomic E-state index is 13.1. The van der Waals surface area contributed by atoms with E-state index in [1.54, 1.807) is 36.7 Å². The number of nitrogens with one attached hydrogen (secondary N) is 1. The van der Waals surface area contributed by atoms with Gasteiger partial charge in [-0.1, -0.05) is 18.2 Å². The van der Waals surface area contributed by atoms with Crippen molar-refractivity contribution in [2.24, 2.45) is 5.92 Å². The van der Waals surface area contributed by atoms with E-state index in [4.69, 9.17) is 10.7 Å². The van der Waals surface area contributed by atoms with Crippen molar-refractivity contribution in [2.45, 2.75) is 26.7 Å². The van der Waals surface area contributed by atoms with Gasteiger partial charge in [0, 0.05) is 55.9 Å². The highest BCUT2D eigenvalue weighted by atomic mass is 16.2. The highest BCUT2D eigenvalue weighted by Gasteiger charge is 2.31. The summed E-state index contributed by atoms with van der Waals surface area (Å²) >= 11 is 0. The molecule has 10 heteroatoms. The second kappa shape index (κ2) is 10.9. The molecule has 0 aliphatic carbocycles. The van der Waals surface area contributed by atoms with Gasteiger partial charge in [-0.15, -0.1) is 0 Å². The molecule has 1 fully saturated rings. The predicted octanol–water partition coefficient (Wildman–Crippen LogP) is 3.71. The first-order valence-corrected chi connectivity index (χ1v) is 13.0. The van der Waals surface area contributed by atoms with E-state index >= 15 is 0 Å². The van der Waals surface area contributed by atoms with Crippen molar-refractivity contribution in [1.82, 2.24) is 24.3 Å². The second-order valence-electron chi connectivity index (χ2n) is 9.33. The lowest BCUT2D eigenvalue weighted by Gasteiger charge is -2.34. The Labute approximate surface area is 221 Å². The number of nitrogens with zero attached hydrogens (tertiary/aromatic N) is 6. The van der Waals surface area contributed by atoms with E-state index in [0.29, 0.717) is 48.0 Å². The SMILES string of the molecule is CCN(CC)C(=O)C1CCCN(c2nc(-c3ccc(C(=O)Nc4ccccn4)cc3)c3c(N)nccn23)C1. The minimum atomic E-state index is -0.246. The summed E-state index contributed by atoms with van der Waals surface area (Å²) in [5.74, 6) is 1.47. The number of anilines is 3. The highest BCUT2D eigenvalue weighted by Crippen LogP contribution is 2.33. The number of amides is 2. The van der Waals surface area contributed by atoms with Gasteiger partial charge in [-0.25, -0.2) is 15.0 Å². The number of rotatable bonds is 7. The molecule has 1 aliphatic rings. The number of hydrogen-bond acceptors (Lipinski definition) is 7. The molecule has 0 spiro atoms. The zero-order valence-electron chi connectivity index (χ0n) is 21.7. The number of benzene rings is 1. The summed E-state index contributed by atoms with van der Waals surface area (Å²) in [6.07, 6.45) is 6.91. The Kier molecular flexibility index (Phi) is 7.21. The average molecular weight is 513 g/mol. The molecule has 5 rings (SSSR count). The van der Waals surface area contributed by atoms with Gasteiger partial charge in [-0.2, -0.15) is 0 Å². The van der Waals surface area contributed by atoms with Crippen molar-refractivity contribution in [1.29, 1.82) is 0 Å². The number of nitrogens with two attached hydrogens (primary N) is 1. The van der Waals surface area contributed by atoms with Crippen molar-refractivity contribution >= 4 is 34.9 Å². The number of imidazole rings is 1. The van der Waals surface area contributed by atoms with Crippen LogP contribution in [0.2, 0.25) is 0 Å². The maximum Gasteiger partial charge on any atom is 0.256 e. The second-order valence-corrected chi connectivity index (χ2v) is 9.33. The summed E-state index contributed by atoms with van der Waals surface area (Å²) < 4.78 is 1.95. The van der Waals surface area contributed by atoms with Gasteiger partial charge in [-0.05, 0) is 51.0 Å². The molecule has 10 nitrogen and oxygen atoms in total. The van der Waals surface area contributed by atoms with Gasteiger partial charge in [-0.3, -0.25) is 14.0 Å². The van der Waals surface area contributed by atoms with Crippen LogP contribution in [0, 0.1) is 5.92 Å². The zero-order valence-corrected chi connectivity index (χ0v) is 21.7. The van der Waals surface area contributed by atoms with Crippen LogP contribution in [0.1, 0.15) is 37.0 Å². The van der Waals surface area contributed by atoms with Crippen LogP contribution < -0.4 is 16.0 Å². The number of carbonyl (C=O) groups excluding carboxylic acids is 2. The quantitative estimate of drug-likeness (QED) is 0.387. The first kappa shape index (κ1) is 25.2. The fourth-order valence-electron chi connectivity index (χ4n) is 5.03. The molecule has 0 bridgehead atoms. The number of nitrogen functional groups attached to an aromatic ring is 1. The van der Waals surface area contributed by atoms with Crippen molar-refractivity contribution < 1.29 is 9.59 Å². The molecule has 0 saturated carbocycles. The predicted molar refractivity (Wildman–Crippen MR) is 148 cm³/mol. The third kappa shape index (κ3) is 4.89. The van der Waals surface area contributed by atoms with E-state index in [9.17, 15) is 9.59 Å². The molecule has 0 radical (unpaired) electrons. The molecule has 1 atom stereocenters. The molecule has 196 valence electrons. The molecule has 1 saturated heterocycles. The molecular formula is C28H32N8O2. The van der Waals surface area contributed by atoms with Gasteiger partial charge in [0.25, 0.3) is 5.91 Å². The normalized spacial score (nSPS) is 15.4. The van der Waals surface area contributed by atoms with Crippen molar-refractivity contribution in [3.63, 3.8) is 0 Å². The number of carbonyl (C=O) groups is 2. The van der Waals surface area contributed by atoms with Gasteiger partial charge >= 0.3 is 0 Å². The van der Waals surface area contributed by atoms with Crippen LogP contribution in [0.15, 0.2) is 61.1 Å². The lowest BCUT2D eigenvalue weighted by atomic mass is 9.96. The molecule has 3 aromatic heterocycles. The summed E-state index contributed by atoms with van der Waals surface area (Å²) in [7, 11) is 0. The van der Waals surface area contributed by atoms with Gasteiger partial charge in [0.2, 0.25) is 11.9 Å². The largest absolute Gasteiger partial charge is 0.382 e. The monoisotopic (exact) mass is 512 g/mol. The Balaban J connectivity index is 1.44. The van der Waals surface area contributed by atoms with Gasteiger partial charge in [0.05, 0.1) is 5.92 Å². The molecule has 3 N–H and O–H groups in total. The first-order valence-electron chi connectivity index (χ1n) is 13.0. The minimum Gasteiger partial charge on any atom is -0.382 e. The summed E-state index contributed by atoms with van der Waals surface area (Å²) in [6, 6.07) is 12.6. The van der Waals surface area contributed by atoms with Gasteiger partial charge in [0.15, 0.2) is 0 Å². The van der Waals surface area contributed by atoms with Gasteiger partial charge < -0.3 is 20.9 Å². The highest BCUT2D eigenvalue weighted by molar-refractivity contribution is 6.04. The minimum absolute atomic E-state index is 0.0736. The van der Waals surface area contributed by atoms with E-state index in [1.807, 2.05) is 47.5 Å². The smallest absolute Gasteiger partial charge is 0.256 e. The van der Waals surface area contributed by atoms with E-state index in [-0.39, 0.29) is 17.7 Å². The number of fused-ring (bicyclic) bond motifs is 1. The molecule has 1 aromatic carbocycles. The molecule has 2 amide bonds. The third-order valence-corrected chi connectivity index (χ3v) is 7.02. The van der Waals surface area contributed by atoms with Crippen LogP contribution in [0.3, 0.4) is 0 Å². The van der Waals surface area contributed by atoms with Crippen molar-refractivity contribution in [3.8, 4) is 11.3 Å². The number of hydrogen-bond donors (Lipinski definition) is 2. The van der Waals surface area contributed by atoms with Crippen LogP contribution in [-0.2, 0) is 4.79 Å². The topological polar surface area (TPSA) is 122 Å². The number of aromatic nitrogens is 4. The third-order valence-electron chi connectivity index (χ3n) is 7.02. The summed E-state index contributed by atoms with van der Waals surface area (Å²) in [5.41, 5.74) is 9.03. The van der Waals surface area contributed by atoms with E-state index in [1.165, 1.54) is 0 Å². The van der Waals surface area contributed by atoms with Crippen molar-refractivity contribution in [3.05, 3.63) is 66.6 Å². The van der Waals surface area contributed by atoms with Crippen LogP contribution in [0.25, 0.3) is 16.8 Å². The van der Waals surface area contributed by atoms with Crippen LogP contribution >= 0.6 is 0 Å². The lowest BCUT2D eigenvalue weighted by Crippen LogP contribution is -2.45. The zero-order chi connectivity index (χ0) is 26.6. The van der Waals surface area contributed by atoms with Crippen LogP contribution in [-0.4, -0.2) is 62.2 Å². The fraction of sp³-hybridized carbons (Fsp3) is 0.321. The fourth-order valence-corrected chi connectivity index (χ4v) is 5.03. The Morgan fingerprint density at radius 2 is 1.87 bits per heavy atom. The molecule has 1 aliphatic heterocycles. The molecule has 4 heterocycles. The molecule has 4 aromatic rings. The Bertz CT molecular complexity index is 1430. The van der Waals surface area contributed by atoms with Crippen LogP contribution in [0.5, 0.6) is 0 Å².